The first kappa shape index (κ1) is 18.9. The average molecular weight is 288 g/mol. The largest absolute Gasteiger partial charge is 0.497 e. The Morgan fingerprint density at radius 1 is 1.00 bits per heavy atom. The van der Waals surface area contributed by atoms with Crippen LogP contribution in [0.4, 0.5) is 4.39 Å². The molecule has 2 aromatic carbocycles. The summed E-state index contributed by atoms with van der Waals surface area (Å²) >= 11 is 0. The van der Waals surface area contributed by atoms with Crippen molar-refractivity contribution in [1.29, 1.82) is 0 Å². The number of allylic oxidation sites excluding steroid dienone is 1. The van der Waals surface area contributed by atoms with Crippen LogP contribution in [0.15, 0.2) is 60.9 Å². The first-order valence-corrected chi connectivity index (χ1v) is 7.05. The van der Waals surface area contributed by atoms with Crippen molar-refractivity contribution in [1.82, 2.24) is 0 Å². The number of ether oxygens (including phenoxy) is 1. The minimum Gasteiger partial charge on any atom is -0.497 e. The van der Waals surface area contributed by atoms with Crippen LogP contribution in [0.5, 0.6) is 5.75 Å². The Balaban J connectivity index is 0.000000579. The molecule has 0 N–H and O–H groups in total. The molecule has 0 heterocycles. The number of hydrogen-bond donors (Lipinski definition) is 0. The van der Waals surface area contributed by atoms with Crippen molar-refractivity contribution in [3.8, 4) is 16.9 Å². The number of benzene rings is 2. The van der Waals surface area contributed by atoms with Crippen LogP contribution < -0.4 is 4.74 Å². The maximum absolute atomic E-state index is 10.8. The highest BCUT2D eigenvalue weighted by Gasteiger charge is 1.98. The zero-order chi connectivity index (χ0) is 16.3. The molecule has 0 unspecified atom stereocenters. The number of aryl methyl sites for hydroxylation is 1. The van der Waals surface area contributed by atoms with Crippen LogP contribution in [0.25, 0.3) is 11.1 Å². The molecule has 2 rings (SSSR count). The molecule has 0 radical (unpaired) electrons. The van der Waals surface area contributed by atoms with Gasteiger partial charge in [-0.25, -0.2) is 4.39 Å². The summed E-state index contributed by atoms with van der Waals surface area (Å²) in [5.74, 6) is 0.563. The van der Waals surface area contributed by atoms with Crippen LogP contribution in [0.1, 0.15) is 26.3 Å². The van der Waals surface area contributed by atoms with Gasteiger partial charge in [-0.15, -0.1) is 0 Å². The van der Waals surface area contributed by atoms with Crippen LogP contribution in [0.2, 0.25) is 0 Å². The Kier molecular flexibility index (Phi) is 9.61. The normalized spacial score (nSPS) is 8.67. The van der Waals surface area contributed by atoms with Gasteiger partial charge in [-0.05, 0) is 37.1 Å². The molecule has 0 saturated heterocycles. The molecule has 0 amide bonds. The number of methoxy groups -OCH3 is 1. The minimum atomic E-state index is -0.333. The van der Waals surface area contributed by atoms with Crippen LogP contribution >= 0.6 is 0 Å². The standard InChI is InChI=1S/C14H14O.C3H5F.C2H6/c1-11-6-8-12(9-7-11)13-4-3-5-14(10-13)15-2;1-3(2)4;1-2/h3-10H,1-2H3;1H2,2H3;1-2H3. The van der Waals surface area contributed by atoms with E-state index in [1.54, 1.807) is 7.11 Å². The van der Waals surface area contributed by atoms with Gasteiger partial charge in [0.25, 0.3) is 0 Å². The molecule has 2 aromatic rings. The second-order valence-corrected chi connectivity index (χ2v) is 4.27. The molecular formula is C19H25FO. The smallest absolute Gasteiger partial charge is 0.119 e. The van der Waals surface area contributed by atoms with Gasteiger partial charge in [0.05, 0.1) is 12.9 Å². The van der Waals surface area contributed by atoms with E-state index in [0.29, 0.717) is 0 Å². The zero-order valence-electron chi connectivity index (χ0n) is 13.6. The fourth-order valence-corrected chi connectivity index (χ4v) is 1.55. The van der Waals surface area contributed by atoms with Crippen LogP contribution in [-0.2, 0) is 0 Å². The molecule has 21 heavy (non-hydrogen) atoms. The molecule has 0 fully saturated rings. The molecule has 114 valence electrons. The lowest BCUT2D eigenvalue weighted by atomic mass is 10.0. The molecule has 0 aliphatic heterocycles. The highest BCUT2D eigenvalue weighted by Crippen LogP contribution is 2.23. The lowest BCUT2D eigenvalue weighted by molar-refractivity contribution is 0.415. The molecule has 0 aliphatic carbocycles. The molecular weight excluding hydrogens is 263 g/mol. The van der Waals surface area contributed by atoms with Gasteiger partial charge in [-0.2, -0.15) is 0 Å². The van der Waals surface area contributed by atoms with Crippen molar-refractivity contribution in [2.24, 2.45) is 0 Å². The summed E-state index contributed by atoms with van der Waals surface area (Å²) in [6.45, 7) is 10.3. The summed E-state index contributed by atoms with van der Waals surface area (Å²) in [5, 5.41) is 0. The molecule has 0 aromatic heterocycles. The predicted molar refractivity (Wildman–Crippen MR) is 90.4 cm³/mol. The van der Waals surface area contributed by atoms with E-state index in [-0.39, 0.29) is 5.83 Å². The fourth-order valence-electron chi connectivity index (χ4n) is 1.55. The van der Waals surface area contributed by atoms with E-state index >= 15 is 0 Å². The minimum absolute atomic E-state index is 0.333. The molecule has 0 bridgehead atoms. The molecule has 0 spiro atoms. The summed E-state index contributed by atoms with van der Waals surface area (Å²) < 4.78 is 16.0. The van der Waals surface area contributed by atoms with Gasteiger partial charge in [0.15, 0.2) is 0 Å². The number of rotatable bonds is 2. The first-order valence-electron chi connectivity index (χ1n) is 7.05. The maximum Gasteiger partial charge on any atom is 0.119 e. The van der Waals surface area contributed by atoms with Gasteiger partial charge in [0.1, 0.15) is 5.75 Å². The van der Waals surface area contributed by atoms with Crippen molar-refractivity contribution in [3.63, 3.8) is 0 Å². The number of hydrogen-bond acceptors (Lipinski definition) is 1. The van der Waals surface area contributed by atoms with Gasteiger partial charge in [0.2, 0.25) is 0 Å². The van der Waals surface area contributed by atoms with Gasteiger partial charge in [-0.1, -0.05) is 62.4 Å². The zero-order valence-corrected chi connectivity index (χ0v) is 13.6. The second-order valence-electron chi connectivity index (χ2n) is 4.27. The quantitative estimate of drug-likeness (QED) is 0.640. The summed E-state index contributed by atoms with van der Waals surface area (Å²) in [5.41, 5.74) is 3.69. The Morgan fingerprint density at radius 3 is 2.00 bits per heavy atom. The van der Waals surface area contributed by atoms with Gasteiger partial charge < -0.3 is 4.74 Å². The highest BCUT2D eigenvalue weighted by molar-refractivity contribution is 5.65. The third-order valence-electron chi connectivity index (χ3n) is 2.45. The van der Waals surface area contributed by atoms with E-state index in [1.807, 2.05) is 32.0 Å². The average Bonchev–Trinajstić information content (AvgIpc) is 2.49. The maximum atomic E-state index is 10.8. The third-order valence-corrected chi connectivity index (χ3v) is 2.45. The van der Waals surface area contributed by atoms with E-state index in [0.717, 1.165) is 5.75 Å². The molecule has 0 saturated carbocycles. The van der Waals surface area contributed by atoms with Crippen molar-refractivity contribution in [3.05, 3.63) is 66.5 Å². The van der Waals surface area contributed by atoms with E-state index in [4.69, 9.17) is 4.74 Å². The lowest BCUT2D eigenvalue weighted by Crippen LogP contribution is -1.83. The second kappa shape index (κ2) is 10.7. The Labute approximate surface area is 128 Å². The molecule has 0 atom stereocenters. The highest BCUT2D eigenvalue weighted by atomic mass is 19.1. The summed E-state index contributed by atoms with van der Waals surface area (Å²) in [7, 11) is 1.69. The summed E-state index contributed by atoms with van der Waals surface area (Å²) in [4.78, 5) is 0. The fraction of sp³-hybridized carbons (Fsp3) is 0.263. The SMILES string of the molecule is C=C(C)F.CC.COc1cccc(-c2ccc(C)cc2)c1. The van der Waals surface area contributed by atoms with Gasteiger partial charge in [0, 0.05) is 0 Å². The Morgan fingerprint density at radius 2 is 1.52 bits per heavy atom. The van der Waals surface area contributed by atoms with Crippen LogP contribution in [-0.4, -0.2) is 7.11 Å². The van der Waals surface area contributed by atoms with E-state index in [1.165, 1.54) is 23.6 Å². The monoisotopic (exact) mass is 288 g/mol. The molecule has 2 heteroatoms. The van der Waals surface area contributed by atoms with Crippen molar-refractivity contribution < 1.29 is 9.13 Å². The van der Waals surface area contributed by atoms with E-state index in [9.17, 15) is 4.39 Å². The topological polar surface area (TPSA) is 9.23 Å². The molecule has 0 aliphatic rings. The van der Waals surface area contributed by atoms with Crippen LogP contribution in [0, 0.1) is 6.92 Å². The van der Waals surface area contributed by atoms with E-state index < -0.39 is 0 Å². The predicted octanol–water partition coefficient (Wildman–Crippen LogP) is 6.19. The van der Waals surface area contributed by atoms with Gasteiger partial charge >= 0.3 is 0 Å². The Bertz CT molecular complexity index is 526. The number of halogens is 1. The van der Waals surface area contributed by atoms with Crippen molar-refractivity contribution in [2.45, 2.75) is 27.7 Å². The van der Waals surface area contributed by atoms with Crippen LogP contribution in [0.3, 0.4) is 0 Å². The Hall–Kier alpha value is -2.09. The first-order chi connectivity index (χ1) is 10.0. The van der Waals surface area contributed by atoms with Gasteiger partial charge in [-0.3, -0.25) is 0 Å². The molecule has 1 nitrogen and oxygen atoms in total. The third kappa shape index (κ3) is 7.93. The lowest BCUT2D eigenvalue weighted by Gasteiger charge is -2.04. The summed E-state index contributed by atoms with van der Waals surface area (Å²) in [6, 6.07) is 16.6. The van der Waals surface area contributed by atoms with Crippen molar-refractivity contribution >= 4 is 0 Å². The van der Waals surface area contributed by atoms with Crippen molar-refractivity contribution in [2.75, 3.05) is 7.11 Å². The van der Waals surface area contributed by atoms with E-state index in [2.05, 4.69) is 43.8 Å². The summed E-state index contributed by atoms with van der Waals surface area (Å²) in [6.07, 6.45) is 0.